The van der Waals surface area contributed by atoms with Crippen molar-refractivity contribution in [3.8, 4) is 5.75 Å². The van der Waals surface area contributed by atoms with Gasteiger partial charge in [-0.25, -0.2) is 0 Å². The van der Waals surface area contributed by atoms with E-state index in [-0.39, 0.29) is 30.8 Å². The molecule has 12 heteroatoms. The van der Waals surface area contributed by atoms with Gasteiger partial charge >= 0.3 is 0 Å². The average molecular weight is 575 g/mol. The third-order valence-electron chi connectivity index (χ3n) is 7.73. The molecule has 0 radical (unpaired) electrons. The molecule has 226 valence electrons. The molecule has 3 aliphatic rings. The lowest BCUT2D eigenvalue weighted by atomic mass is 9.94. The van der Waals surface area contributed by atoms with Crippen LogP contribution in [0.1, 0.15) is 38.7 Å². The number of hydrogen-bond donors (Lipinski definition) is 3. The standard InChI is InChI=1S/C29H42N4O8/c1-19(30-25(34)17-33-10-13-39-14-11-33)27(36)32-24(15-20-6-8-21(38-3)9-7-20)28(37)31-23(16-22-5-4-12-40-22)26(35)29(2)18-41-29/h6-9,19,22-24H,4-5,10-18H2,1-3H3,(H,30,34)(H,31,37)(H,32,36)/t19-,22+,23-,24-,29+/m0/s1. The number of benzene rings is 1. The molecule has 1 aromatic carbocycles. The van der Waals surface area contributed by atoms with Crippen molar-refractivity contribution in [1.29, 1.82) is 0 Å². The van der Waals surface area contributed by atoms with Gasteiger partial charge in [-0.2, -0.15) is 0 Å². The van der Waals surface area contributed by atoms with E-state index in [9.17, 15) is 19.2 Å². The zero-order chi connectivity index (χ0) is 29.4. The fourth-order valence-electron chi connectivity index (χ4n) is 5.03. The van der Waals surface area contributed by atoms with E-state index in [1.54, 1.807) is 33.1 Å². The maximum Gasteiger partial charge on any atom is 0.243 e. The summed E-state index contributed by atoms with van der Waals surface area (Å²) in [5, 5.41) is 8.39. The summed E-state index contributed by atoms with van der Waals surface area (Å²) >= 11 is 0. The lowest BCUT2D eigenvalue weighted by Crippen LogP contribution is -2.57. The van der Waals surface area contributed by atoms with E-state index in [1.165, 1.54) is 0 Å². The summed E-state index contributed by atoms with van der Waals surface area (Å²) in [6.07, 6.45) is 2.08. The van der Waals surface area contributed by atoms with Crippen LogP contribution in [0.25, 0.3) is 0 Å². The average Bonchev–Trinajstić information content (AvgIpc) is 3.51. The molecule has 3 N–H and O–H groups in total. The quantitative estimate of drug-likeness (QED) is 0.261. The summed E-state index contributed by atoms with van der Waals surface area (Å²) in [7, 11) is 1.56. The second-order valence-corrected chi connectivity index (χ2v) is 11.1. The van der Waals surface area contributed by atoms with Crippen molar-refractivity contribution in [3.05, 3.63) is 29.8 Å². The Labute approximate surface area is 240 Å². The predicted octanol–water partition coefficient (Wildman–Crippen LogP) is -0.0287. The van der Waals surface area contributed by atoms with Gasteiger partial charge in [-0.1, -0.05) is 12.1 Å². The number of nitrogens with one attached hydrogen (secondary N) is 3. The van der Waals surface area contributed by atoms with Crippen LogP contribution >= 0.6 is 0 Å². The first-order valence-corrected chi connectivity index (χ1v) is 14.3. The van der Waals surface area contributed by atoms with Gasteiger partial charge < -0.3 is 34.9 Å². The predicted molar refractivity (Wildman–Crippen MR) is 148 cm³/mol. The molecular weight excluding hydrogens is 532 g/mol. The topological polar surface area (TPSA) is 148 Å². The number of ether oxygens (including phenoxy) is 4. The Kier molecular flexibility index (Phi) is 10.7. The Morgan fingerprint density at radius 3 is 2.32 bits per heavy atom. The van der Waals surface area contributed by atoms with E-state index in [1.807, 2.05) is 17.0 Å². The molecule has 0 bridgehead atoms. The molecule has 4 rings (SSSR count). The number of epoxide rings is 1. The van der Waals surface area contributed by atoms with Crippen molar-refractivity contribution in [2.75, 3.05) is 53.2 Å². The fourth-order valence-corrected chi connectivity index (χ4v) is 5.03. The van der Waals surface area contributed by atoms with Crippen LogP contribution in [0.5, 0.6) is 5.75 Å². The number of carbonyl (C=O) groups excluding carboxylic acids is 4. The number of nitrogens with zero attached hydrogens (tertiary/aromatic N) is 1. The van der Waals surface area contributed by atoms with Crippen molar-refractivity contribution in [3.63, 3.8) is 0 Å². The monoisotopic (exact) mass is 574 g/mol. The van der Waals surface area contributed by atoms with Crippen LogP contribution in [0.15, 0.2) is 24.3 Å². The minimum atomic E-state index is -0.998. The van der Waals surface area contributed by atoms with E-state index in [0.29, 0.717) is 51.7 Å². The van der Waals surface area contributed by atoms with Gasteiger partial charge in [0.1, 0.15) is 23.4 Å². The molecule has 5 atom stereocenters. The lowest BCUT2D eigenvalue weighted by Gasteiger charge is -2.27. The van der Waals surface area contributed by atoms with E-state index < -0.39 is 35.5 Å². The van der Waals surface area contributed by atoms with Crippen LogP contribution in [0, 0.1) is 0 Å². The van der Waals surface area contributed by atoms with Crippen LogP contribution in [0.2, 0.25) is 0 Å². The van der Waals surface area contributed by atoms with Gasteiger partial charge in [0.15, 0.2) is 5.78 Å². The Hall–Kier alpha value is -3.06. The highest BCUT2D eigenvalue weighted by Gasteiger charge is 2.50. The number of methoxy groups -OCH3 is 1. The van der Waals surface area contributed by atoms with Crippen LogP contribution in [0.3, 0.4) is 0 Å². The molecule has 0 aliphatic carbocycles. The van der Waals surface area contributed by atoms with E-state index in [0.717, 1.165) is 18.4 Å². The number of ketones is 1. The van der Waals surface area contributed by atoms with Crippen molar-refractivity contribution in [1.82, 2.24) is 20.9 Å². The van der Waals surface area contributed by atoms with Crippen LogP contribution in [-0.2, 0) is 39.8 Å². The Bertz CT molecular complexity index is 1070. The first-order chi connectivity index (χ1) is 19.7. The van der Waals surface area contributed by atoms with Crippen LogP contribution < -0.4 is 20.7 Å². The molecule has 0 aromatic heterocycles. The van der Waals surface area contributed by atoms with Crippen molar-refractivity contribution in [2.24, 2.45) is 0 Å². The van der Waals surface area contributed by atoms with Crippen molar-refractivity contribution < 1.29 is 38.1 Å². The zero-order valence-corrected chi connectivity index (χ0v) is 24.1. The van der Waals surface area contributed by atoms with Gasteiger partial charge in [0.05, 0.1) is 45.6 Å². The third kappa shape index (κ3) is 8.96. The van der Waals surface area contributed by atoms with E-state index in [2.05, 4.69) is 16.0 Å². The molecule has 1 aromatic rings. The van der Waals surface area contributed by atoms with Gasteiger partial charge in [0.25, 0.3) is 0 Å². The summed E-state index contributed by atoms with van der Waals surface area (Å²) in [5.74, 6) is -0.837. The third-order valence-corrected chi connectivity index (χ3v) is 7.73. The number of rotatable bonds is 14. The van der Waals surface area contributed by atoms with Gasteiger partial charge in [-0.15, -0.1) is 0 Å². The molecule has 3 fully saturated rings. The molecular formula is C29H42N4O8. The van der Waals surface area contributed by atoms with Gasteiger partial charge in [0, 0.05) is 32.5 Å². The molecule has 0 saturated carbocycles. The van der Waals surface area contributed by atoms with Crippen LogP contribution in [0.4, 0.5) is 0 Å². The number of carbonyl (C=O) groups is 4. The largest absolute Gasteiger partial charge is 0.497 e. The van der Waals surface area contributed by atoms with Crippen molar-refractivity contribution >= 4 is 23.5 Å². The normalized spacial score (nSPS) is 24.5. The molecule has 0 spiro atoms. The smallest absolute Gasteiger partial charge is 0.243 e. The molecule has 3 amide bonds. The number of amides is 3. The molecule has 0 unspecified atom stereocenters. The van der Waals surface area contributed by atoms with E-state index >= 15 is 0 Å². The van der Waals surface area contributed by atoms with Crippen LogP contribution in [-0.4, -0.2) is 111 Å². The fraction of sp³-hybridized carbons (Fsp3) is 0.655. The van der Waals surface area contributed by atoms with Gasteiger partial charge in [0.2, 0.25) is 17.7 Å². The summed E-state index contributed by atoms with van der Waals surface area (Å²) in [6.45, 7) is 6.79. The molecule has 3 aliphatic heterocycles. The van der Waals surface area contributed by atoms with Gasteiger partial charge in [-0.05, 0) is 44.4 Å². The lowest BCUT2D eigenvalue weighted by molar-refractivity contribution is -0.134. The summed E-state index contributed by atoms with van der Waals surface area (Å²) < 4.78 is 21.7. The number of hydrogen-bond acceptors (Lipinski definition) is 9. The summed E-state index contributed by atoms with van der Waals surface area (Å²) in [4.78, 5) is 54.6. The maximum absolute atomic E-state index is 13.7. The van der Waals surface area contributed by atoms with E-state index in [4.69, 9.17) is 18.9 Å². The van der Waals surface area contributed by atoms with Crippen molar-refractivity contribution in [2.45, 2.75) is 69.4 Å². The summed E-state index contributed by atoms with van der Waals surface area (Å²) in [6, 6.07) is 4.48. The highest BCUT2D eigenvalue weighted by molar-refractivity contribution is 5.98. The molecule has 12 nitrogen and oxygen atoms in total. The second-order valence-electron chi connectivity index (χ2n) is 11.1. The van der Waals surface area contributed by atoms with Gasteiger partial charge in [-0.3, -0.25) is 24.1 Å². The highest BCUT2D eigenvalue weighted by Crippen LogP contribution is 2.30. The zero-order valence-electron chi connectivity index (χ0n) is 24.1. The molecule has 3 saturated heterocycles. The Morgan fingerprint density at radius 1 is 1.02 bits per heavy atom. The SMILES string of the molecule is COc1ccc(C[C@H](NC(=O)[C@H](C)NC(=O)CN2CCOCC2)C(=O)N[C@@H](C[C@H]2CCCO2)C(=O)[C@@]2(C)CO2)cc1. The first kappa shape index (κ1) is 30.9. The minimum absolute atomic E-state index is 0.136. The Balaban J connectivity index is 1.43. The number of Topliss-reactive ketones (excluding diaryl/α,β-unsaturated/α-hetero) is 1. The highest BCUT2D eigenvalue weighted by atomic mass is 16.6. The molecule has 41 heavy (non-hydrogen) atoms. The second kappa shape index (κ2) is 14.2. The Morgan fingerprint density at radius 2 is 1.71 bits per heavy atom. The maximum atomic E-state index is 13.7. The minimum Gasteiger partial charge on any atom is -0.497 e. The first-order valence-electron chi connectivity index (χ1n) is 14.3. The number of morpholine rings is 1. The summed E-state index contributed by atoms with van der Waals surface area (Å²) in [5.41, 5.74) is -0.139. The molecule has 3 heterocycles.